The highest BCUT2D eigenvalue weighted by Gasteiger charge is 2.14. The molecule has 0 amide bonds. The predicted molar refractivity (Wildman–Crippen MR) is 52.7 cm³/mol. The van der Waals surface area contributed by atoms with Crippen molar-refractivity contribution in [3.63, 3.8) is 0 Å². The molecule has 0 spiro atoms. The average Bonchev–Trinajstić information content (AvgIpc) is 2.22. The molecule has 1 atom stereocenters. The molecule has 1 rings (SSSR count). The molecule has 0 radical (unpaired) electrons. The van der Waals surface area contributed by atoms with Crippen LogP contribution in [0.4, 0.5) is 8.78 Å². The molecular weight excluding hydrogens is 202 g/mol. The van der Waals surface area contributed by atoms with Crippen molar-refractivity contribution in [2.45, 2.75) is 12.5 Å². The van der Waals surface area contributed by atoms with Crippen LogP contribution in [0.3, 0.4) is 0 Å². The first-order valence-corrected chi connectivity index (χ1v) is 4.42. The molecule has 82 valence electrons. The number of aliphatic hydroxyl groups is 1. The van der Waals surface area contributed by atoms with E-state index in [-0.39, 0.29) is 17.7 Å². The number of hydrogen-bond donors (Lipinski definition) is 1. The summed E-state index contributed by atoms with van der Waals surface area (Å²) in [6.07, 6.45) is 0.874. The van der Waals surface area contributed by atoms with E-state index in [4.69, 9.17) is 0 Å². The molecule has 1 unspecified atom stereocenters. The number of halogens is 2. The molecule has 0 saturated heterocycles. The molecule has 0 aliphatic rings. The average molecular weight is 214 g/mol. The highest BCUT2D eigenvalue weighted by Crippen LogP contribution is 2.26. The second-order valence-electron chi connectivity index (χ2n) is 3.06. The Bertz CT molecular complexity index is 364. The molecule has 15 heavy (non-hydrogen) atoms. The number of rotatable bonds is 4. The summed E-state index contributed by atoms with van der Waals surface area (Å²) in [4.78, 5) is 0. The largest absolute Gasteiger partial charge is 0.494 e. The second kappa shape index (κ2) is 4.89. The Balaban J connectivity index is 3.10. The number of aliphatic hydroxyl groups excluding tert-OH is 1. The minimum atomic E-state index is -1.05. The van der Waals surface area contributed by atoms with Gasteiger partial charge in [0, 0.05) is 0 Å². The molecule has 1 aromatic rings. The monoisotopic (exact) mass is 214 g/mol. The van der Waals surface area contributed by atoms with Crippen molar-refractivity contribution in [2.24, 2.45) is 0 Å². The second-order valence-corrected chi connectivity index (χ2v) is 3.06. The minimum absolute atomic E-state index is 0.215. The molecular formula is C11H12F2O2. The minimum Gasteiger partial charge on any atom is -0.494 e. The first-order valence-electron chi connectivity index (χ1n) is 4.42. The normalized spacial score (nSPS) is 12.3. The van der Waals surface area contributed by atoms with Crippen molar-refractivity contribution in [1.29, 1.82) is 0 Å². The number of ether oxygens (including phenoxy) is 1. The Morgan fingerprint density at radius 3 is 2.73 bits per heavy atom. The van der Waals surface area contributed by atoms with Gasteiger partial charge in [0.1, 0.15) is 0 Å². The highest BCUT2D eigenvalue weighted by molar-refractivity contribution is 5.32. The van der Waals surface area contributed by atoms with Crippen LogP contribution in [-0.4, -0.2) is 12.2 Å². The van der Waals surface area contributed by atoms with E-state index in [1.54, 1.807) is 0 Å². The van der Waals surface area contributed by atoms with Crippen molar-refractivity contribution in [3.8, 4) is 5.75 Å². The Labute approximate surface area is 86.8 Å². The molecule has 0 aromatic heterocycles. The summed E-state index contributed by atoms with van der Waals surface area (Å²) in [5, 5.41) is 9.54. The zero-order valence-corrected chi connectivity index (χ0v) is 8.34. The Kier molecular flexibility index (Phi) is 3.80. The van der Waals surface area contributed by atoms with Crippen LogP contribution in [0.25, 0.3) is 0 Å². The third-order valence-corrected chi connectivity index (χ3v) is 2.01. The van der Waals surface area contributed by atoms with Gasteiger partial charge in [-0.1, -0.05) is 6.08 Å². The summed E-state index contributed by atoms with van der Waals surface area (Å²) in [7, 11) is 1.24. The molecule has 0 aliphatic heterocycles. The summed E-state index contributed by atoms with van der Waals surface area (Å²) in [6, 6.07) is 2.22. The zero-order valence-electron chi connectivity index (χ0n) is 8.34. The molecule has 1 N–H and O–H groups in total. The van der Waals surface area contributed by atoms with Gasteiger partial charge in [-0.25, -0.2) is 4.39 Å². The summed E-state index contributed by atoms with van der Waals surface area (Å²) in [5.74, 6) is -2.30. The molecule has 0 aliphatic carbocycles. The first-order chi connectivity index (χ1) is 7.10. The molecule has 0 heterocycles. The number of benzene rings is 1. The van der Waals surface area contributed by atoms with Gasteiger partial charge < -0.3 is 9.84 Å². The fourth-order valence-electron chi connectivity index (χ4n) is 1.22. The van der Waals surface area contributed by atoms with E-state index in [1.165, 1.54) is 19.3 Å². The lowest BCUT2D eigenvalue weighted by atomic mass is 10.1. The van der Waals surface area contributed by atoms with Gasteiger partial charge >= 0.3 is 0 Å². The van der Waals surface area contributed by atoms with Crippen LogP contribution in [-0.2, 0) is 0 Å². The van der Waals surface area contributed by atoms with Crippen molar-refractivity contribution in [2.75, 3.05) is 7.11 Å². The van der Waals surface area contributed by atoms with Gasteiger partial charge in [-0.15, -0.1) is 6.58 Å². The van der Waals surface area contributed by atoms with Crippen molar-refractivity contribution in [1.82, 2.24) is 0 Å². The number of methoxy groups -OCH3 is 1. The fraction of sp³-hybridized carbons (Fsp3) is 0.273. The Hall–Kier alpha value is -1.42. The topological polar surface area (TPSA) is 29.5 Å². The van der Waals surface area contributed by atoms with Gasteiger partial charge in [0.25, 0.3) is 0 Å². The van der Waals surface area contributed by atoms with Crippen molar-refractivity contribution >= 4 is 0 Å². The van der Waals surface area contributed by atoms with Gasteiger partial charge in [-0.05, 0) is 24.1 Å². The molecule has 1 aromatic carbocycles. The molecule has 2 nitrogen and oxygen atoms in total. The van der Waals surface area contributed by atoms with Gasteiger partial charge in [0.05, 0.1) is 13.2 Å². The maximum Gasteiger partial charge on any atom is 0.200 e. The smallest absolute Gasteiger partial charge is 0.200 e. The first kappa shape index (κ1) is 11.7. The quantitative estimate of drug-likeness (QED) is 0.780. The van der Waals surface area contributed by atoms with E-state index < -0.39 is 17.7 Å². The van der Waals surface area contributed by atoms with E-state index in [0.717, 1.165) is 6.07 Å². The van der Waals surface area contributed by atoms with Gasteiger partial charge in [0.2, 0.25) is 5.82 Å². The van der Waals surface area contributed by atoms with Gasteiger partial charge in [-0.3, -0.25) is 0 Å². The maximum atomic E-state index is 13.0. The van der Waals surface area contributed by atoms with E-state index in [1.807, 2.05) is 0 Å². The Morgan fingerprint density at radius 1 is 1.53 bits per heavy atom. The standard InChI is InChI=1S/C11H12F2O2/c1-3-4-9(14)7-5-8(12)11(13)10(6-7)15-2/h3,5-6,9,14H,1,4H2,2H3. The molecule has 0 fully saturated rings. The van der Waals surface area contributed by atoms with Crippen LogP contribution >= 0.6 is 0 Å². The summed E-state index contributed by atoms with van der Waals surface area (Å²) < 4.78 is 30.7. The van der Waals surface area contributed by atoms with E-state index in [9.17, 15) is 13.9 Å². The van der Waals surface area contributed by atoms with Crippen LogP contribution < -0.4 is 4.74 Å². The SMILES string of the molecule is C=CCC(O)c1cc(F)c(F)c(OC)c1. The number of hydrogen-bond acceptors (Lipinski definition) is 2. The van der Waals surface area contributed by atoms with Crippen LogP contribution in [0.1, 0.15) is 18.1 Å². The zero-order chi connectivity index (χ0) is 11.4. The third kappa shape index (κ3) is 2.53. The van der Waals surface area contributed by atoms with Gasteiger partial charge in [0.15, 0.2) is 11.6 Å². The van der Waals surface area contributed by atoms with Crippen LogP contribution in [0.15, 0.2) is 24.8 Å². The van der Waals surface area contributed by atoms with Gasteiger partial charge in [-0.2, -0.15) is 4.39 Å². The predicted octanol–water partition coefficient (Wildman–Crippen LogP) is 2.58. The van der Waals surface area contributed by atoms with Crippen LogP contribution in [0, 0.1) is 11.6 Å². The third-order valence-electron chi connectivity index (χ3n) is 2.01. The molecule has 4 heteroatoms. The summed E-state index contributed by atoms with van der Waals surface area (Å²) in [6.45, 7) is 3.45. The van der Waals surface area contributed by atoms with Crippen molar-refractivity contribution < 1.29 is 18.6 Å². The van der Waals surface area contributed by atoms with Crippen LogP contribution in [0.2, 0.25) is 0 Å². The lowest BCUT2D eigenvalue weighted by molar-refractivity contribution is 0.180. The lowest BCUT2D eigenvalue weighted by Crippen LogP contribution is -2.00. The lowest BCUT2D eigenvalue weighted by Gasteiger charge is -2.11. The van der Waals surface area contributed by atoms with Crippen molar-refractivity contribution in [3.05, 3.63) is 42.0 Å². The summed E-state index contributed by atoms with van der Waals surface area (Å²) >= 11 is 0. The fourth-order valence-corrected chi connectivity index (χ4v) is 1.22. The van der Waals surface area contributed by atoms with Crippen LogP contribution in [0.5, 0.6) is 5.75 Å². The Morgan fingerprint density at radius 2 is 2.20 bits per heavy atom. The van der Waals surface area contributed by atoms with E-state index in [2.05, 4.69) is 11.3 Å². The maximum absolute atomic E-state index is 13.0. The molecule has 0 saturated carbocycles. The summed E-state index contributed by atoms with van der Waals surface area (Å²) in [5.41, 5.74) is 0.269. The van der Waals surface area contributed by atoms with E-state index in [0.29, 0.717) is 0 Å². The highest BCUT2D eigenvalue weighted by atomic mass is 19.2. The molecule has 0 bridgehead atoms. The van der Waals surface area contributed by atoms with E-state index >= 15 is 0 Å².